The van der Waals surface area contributed by atoms with Gasteiger partial charge in [-0.2, -0.15) is 0 Å². The molecule has 0 atom stereocenters. The van der Waals surface area contributed by atoms with Crippen molar-refractivity contribution in [1.29, 1.82) is 0 Å². The van der Waals surface area contributed by atoms with Crippen LogP contribution in [0.25, 0.3) is 0 Å². The summed E-state index contributed by atoms with van der Waals surface area (Å²) in [5.74, 6) is 0.418. The zero-order valence-corrected chi connectivity index (χ0v) is 15.2. The monoisotopic (exact) mass is 380 g/mol. The van der Waals surface area contributed by atoms with Crippen LogP contribution in [-0.4, -0.2) is 39.2 Å². The van der Waals surface area contributed by atoms with Crippen molar-refractivity contribution in [1.82, 2.24) is 15.1 Å². The van der Waals surface area contributed by atoms with Crippen molar-refractivity contribution in [3.8, 4) is 0 Å². The number of anilines is 1. The minimum absolute atomic E-state index is 0.100. The summed E-state index contributed by atoms with van der Waals surface area (Å²) in [6.07, 6.45) is 1.43. The summed E-state index contributed by atoms with van der Waals surface area (Å²) < 4.78 is 5.48. The van der Waals surface area contributed by atoms with Crippen molar-refractivity contribution in [2.45, 2.75) is 31.5 Å². The number of rotatable bonds is 6. The van der Waals surface area contributed by atoms with Crippen molar-refractivity contribution < 1.29 is 14.0 Å². The number of carbonyl (C=O) groups is 2. The van der Waals surface area contributed by atoms with E-state index in [1.165, 1.54) is 0 Å². The second-order valence-electron chi connectivity index (χ2n) is 5.68. The lowest BCUT2D eigenvalue weighted by atomic mass is 10.2. The molecule has 132 valence electrons. The number of likely N-dealkylation sites (tertiary alicyclic amines) is 1. The average Bonchev–Trinajstić information content (AvgIpc) is 3.19. The van der Waals surface area contributed by atoms with Crippen molar-refractivity contribution in [3.05, 3.63) is 34.7 Å². The molecule has 1 N–H and O–H groups in total. The fourth-order valence-corrected chi connectivity index (χ4v) is 3.15. The molecule has 1 fully saturated rings. The molecule has 1 saturated heterocycles. The van der Waals surface area contributed by atoms with Gasteiger partial charge < -0.3 is 14.6 Å². The van der Waals surface area contributed by atoms with E-state index >= 15 is 0 Å². The lowest BCUT2D eigenvalue weighted by molar-refractivity contribution is -0.128. The SMILES string of the molecule is Cc1ccc(NC(=O)CSc2nnc(CN3CCCC3=O)o2)cc1Cl. The van der Waals surface area contributed by atoms with Crippen LogP contribution in [0.2, 0.25) is 5.02 Å². The van der Waals surface area contributed by atoms with Crippen molar-refractivity contribution in [2.75, 3.05) is 17.6 Å². The second kappa shape index (κ2) is 7.88. The van der Waals surface area contributed by atoms with Crippen LogP contribution in [0.1, 0.15) is 24.3 Å². The summed E-state index contributed by atoms with van der Waals surface area (Å²) in [7, 11) is 0. The molecule has 25 heavy (non-hydrogen) atoms. The minimum Gasteiger partial charge on any atom is -0.414 e. The highest BCUT2D eigenvalue weighted by Crippen LogP contribution is 2.22. The summed E-state index contributed by atoms with van der Waals surface area (Å²) in [5.41, 5.74) is 1.59. The minimum atomic E-state index is -0.195. The van der Waals surface area contributed by atoms with Gasteiger partial charge in [0.2, 0.25) is 17.7 Å². The quantitative estimate of drug-likeness (QED) is 0.775. The predicted octanol–water partition coefficient (Wildman–Crippen LogP) is 2.88. The normalized spacial score (nSPS) is 14.2. The summed E-state index contributed by atoms with van der Waals surface area (Å²) in [5, 5.41) is 11.5. The maximum atomic E-state index is 12.0. The first-order valence-corrected chi connectivity index (χ1v) is 9.16. The number of aromatic nitrogens is 2. The highest BCUT2D eigenvalue weighted by Gasteiger charge is 2.22. The van der Waals surface area contributed by atoms with Gasteiger partial charge in [0.15, 0.2) is 0 Å². The average molecular weight is 381 g/mol. The Morgan fingerprint density at radius 3 is 3.00 bits per heavy atom. The Labute approximate surface area is 154 Å². The molecule has 7 nitrogen and oxygen atoms in total. The van der Waals surface area contributed by atoms with Gasteiger partial charge in [-0.1, -0.05) is 29.4 Å². The van der Waals surface area contributed by atoms with Crippen LogP contribution < -0.4 is 5.32 Å². The van der Waals surface area contributed by atoms with E-state index < -0.39 is 0 Å². The summed E-state index contributed by atoms with van der Waals surface area (Å²) >= 11 is 7.18. The van der Waals surface area contributed by atoms with E-state index in [-0.39, 0.29) is 17.6 Å². The number of thioether (sulfide) groups is 1. The van der Waals surface area contributed by atoms with Crippen LogP contribution in [-0.2, 0) is 16.1 Å². The van der Waals surface area contributed by atoms with Crippen molar-refractivity contribution >= 4 is 40.9 Å². The Kier molecular flexibility index (Phi) is 5.60. The Morgan fingerprint density at radius 2 is 2.28 bits per heavy atom. The fraction of sp³-hybridized carbons (Fsp3) is 0.375. The van der Waals surface area contributed by atoms with Gasteiger partial charge in [-0.25, -0.2) is 0 Å². The third-order valence-corrected chi connectivity index (χ3v) is 4.95. The highest BCUT2D eigenvalue weighted by molar-refractivity contribution is 7.99. The fourth-order valence-electron chi connectivity index (χ4n) is 2.39. The van der Waals surface area contributed by atoms with Gasteiger partial charge in [0, 0.05) is 23.7 Å². The van der Waals surface area contributed by atoms with Crippen LogP contribution in [0.15, 0.2) is 27.8 Å². The molecule has 0 saturated carbocycles. The molecule has 0 spiro atoms. The molecule has 0 aliphatic carbocycles. The Bertz CT molecular complexity index is 795. The van der Waals surface area contributed by atoms with Crippen LogP contribution in [0.4, 0.5) is 5.69 Å². The number of amides is 2. The molecule has 0 bridgehead atoms. The van der Waals surface area contributed by atoms with Gasteiger partial charge >= 0.3 is 0 Å². The maximum Gasteiger partial charge on any atom is 0.277 e. The van der Waals surface area contributed by atoms with Gasteiger partial charge in [-0.15, -0.1) is 10.2 Å². The lowest BCUT2D eigenvalue weighted by Crippen LogP contribution is -2.23. The molecule has 2 heterocycles. The topological polar surface area (TPSA) is 88.3 Å². The van der Waals surface area contributed by atoms with Gasteiger partial charge in [0.25, 0.3) is 5.22 Å². The molecule has 2 aromatic rings. The lowest BCUT2D eigenvalue weighted by Gasteiger charge is -2.11. The van der Waals surface area contributed by atoms with Gasteiger partial charge in [-0.05, 0) is 31.0 Å². The number of hydrogen-bond donors (Lipinski definition) is 1. The molecule has 1 aromatic carbocycles. The maximum absolute atomic E-state index is 12.0. The van der Waals surface area contributed by atoms with E-state index in [0.717, 1.165) is 23.7 Å². The molecule has 9 heteroatoms. The largest absolute Gasteiger partial charge is 0.414 e. The Balaban J connectivity index is 1.49. The first-order valence-electron chi connectivity index (χ1n) is 7.80. The highest BCUT2D eigenvalue weighted by atomic mass is 35.5. The molecule has 0 unspecified atom stereocenters. The van der Waals surface area contributed by atoms with Crippen LogP contribution in [0.3, 0.4) is 0 Å². The summed E-state index contributed by atoms with van der Waals surface area (Å²) in [6.45, 7) is 2.93. The number of aryl methyl sites for hydroxylation is 1. The number of carbonyl (C=O) groups excluding carboxylic acids is 2. The molecular formula is C16H17ClN4O3S. The zero-order valence-electron chi connectivity index (χ0n) is 13.6. The smallest absolute Gasteiger partial charge is 0.277 e. The van der Waals surface area contributed by atoms with E-state index in [1.807, 2.05) is 13.0 Å². The molecular weight excluding hydrogens is 364 g/mol. The molecule has 3 rings (SSSR count). The van der Waals surface area contributed by atoms with E-state index in [2.05, 4.69) is 15.5 Å². The summed E-state index contributed by atoms with van der Waals surface area (Å²) in [6, 6.07) is 5.34. The standard InChI is InChI=1S/C16H17ClN4O3S/c1-10-4-5-11(7-12(10)17)18-13(22)9-25-16-20-19-14(24-16)8-21-6-2-3-15(21)23/h4-5,7H,2-3,6,8-9H2,1H3,(H,18,22). The molecule has 1 aromatic heterocycles. The van der Waals surface area contributed by atoms with Crippen LogP contribution >= 0.6 is 23.4 Å². The van der Waals surface area contributed by atoms with Gasteiger partial charge in [0.05, 0.1) is 12.3 Å². The van der Waals surface area contributed by atoms with Crippen molar-refractivity contribution in [2.24, 2.45) is 0 Å². The Morgan fingerprint density at radius 1 is 1.44 bits per heavy atom. The predicted molar refractivity (Wildman–Crippen MR) is 94.5 cm³/mol. The van der Waals surface area contributed by atoms with E-state index in [1.54, 1.807) is 17.0 Å². The molecule has 1 aliphatic rings. The number of hydrogen-bond acceptors (Lipinski definition) is 6. The first kappa shape index (κ1) is 17.8. The molecule has 0 radical (unpaired) electrons. The van der Waals surface area contributed by atoms with E-state index in [0.29, 0.717) is 41.3 Å². The van der Waals surface area contributed by atoms with Crippen LogP contribution in [0, 0.1) is 6.92 Å². The Hall–Kier alpha value is -2.06. The van der Waals surface area contributed by atoms with Crippen molar-refractivity contribution in [3.63, 3.8) is 0 Å². The number of nitrogens with zero attached hydrogens (tertiary/aromatic N) is 3. The third kappa shape index (κ3) is 4.73. The van der Waals surface area contributed by atoms with Gasteiger partial charge in [0.1, 0.15) is 0 Å². The van der Waals surface area contributed by atoms with Crippen LogP contribution in [0.5, 0.6) is 0 Å². The number of benzene rings is 1. The summed E-state index contributed by atoms with van der Waals surface area (Å²) in [4.78, 5) is 25.3. The van der Waals surface area contributed by atoms with E-state index in [9.17, 15) is 9.59 Å². The molecule has 2 amide bonds. The molecule has 1 aliphatic heterocycles. The first-order chi connectivity index (χ1) is 12.0. The van der Waals surface area contributed by atoms with E-state index in [4.69, 9.17) is 16.0 Å². The zero-order chi connectivity index (χ0) is 17.8. The van der Waals surface area contributed by atoms with Gasteiger partial charge in [-0.3, -0.25) is 9.59 Å². The number of nitrogens with one attached hydrogen (secondary N) is 1. The number of halogens is 1. The second-order valence-corrected chi connectivity index (χ2v) is 7.02. The third-order valence-electron chi connectivity index (χ3n) is 3.73.